The number of benzene rings is 1. The molecule has 2 aliphatic heterocycles. The highest BCUT2D eigenvalue weighted by molar-refractivity contribution is 6.05. The molecule has 0 radical (unpaired) electrons. The first-order valence-electron chi connectivity index (χ1n) is 7.51. The Morgan fingerprint density at radius 1 is 1.29 bits per heavy atom. The second-order valence-electron chi connectivity index (χ2n) is 6.12. The third-order valence-electron chi connectivity index (χ3n) is 4.38. The molecule has 0 aliphatic carbocycles. The lowest BCUT2D eigenvalue weighted by molar-refractivity contribution is -0.120. The van der Waals surface area contributed by atoms with Crippen molar-refractivity contribution in [2.45, 2.75) is 32.7 Å². The predicted octanol–water partition coefficient (Wildman–Crippen LogP) is 1.98. The molecule has 0 spiro atoms. The summed E-state index contributed by atoms with van der Waals surface area (Å²) >= 11 is 0. The first-order valence-corrected chi connectivity index (χ1v) is 7.51. The van der Waals surface area contributed by atoms with Crippen LogP contribution >= 0.6 is 0 Å². The minimum absolute atomic E-state index is 0.198. The lowest BCUT2D eigenvalue weighted by atomic mass is 9.83. The van der Waals surface area contributed by atoms with E-state index in [0.29, 0.717) is 24.8 Å². The van der Waals surface area contributed by atoms with Gasteiger partial charge in [-0.3, -0.25) is 15.0 Å². The van der Waals surface area contributed by atoms with E-state index < -0.39 is 0 Å². The van der Waals surface area contributed by atoms with Crippen molar-refractivity contribution in [3.05, 3.63) is 29.3 Å². The summed E-state index contributed by atoms with van der Waals surface area (Å²) in [5.74, 6) is 0.897. The fraction of sp³-hybridized carbons (Fsp3) is 0.500. The summed E-state index contributed by atoms with van der Waals surface area (Å²) in [5.41, 5.74) is 3.49. The molecule has 1 fully saturated rings. The Morgan fingerprint density at radius 3 is 2.81 bits per heavy atom. The van der Waals surface area contributed by atoms with Gasteiger partial charge in [-0.05, 0) is 35.1 Å². The Bertz CT molecular complexity index is 583. The van der Waals surface area contributed by atoms with Gasteiger partial charge in [-0.2, -0.15) is 0 Å². The second-order valence-corrected chi connectivity index (χ2v) is 6.12. The number of anilines is 1. The molecule has 0 saturated carbocycles. The zero-order chi connectivity index (χ0) is 15.0. The largest absolute Gasteiger partial charge is 0.328 e. The number of fused-ring (bicyclic) bond motifs is 1. The maximum atomic E-state index is 11.9. The average molecular weight is 287 g/mol. The van der Waals surface area contributed by atoms with E-state index in [1.165, 1.54) is 11.1 Å². The Labute approximate surface area is 124 Å². The van der Waals surface area contributed by atoms with E-state index in [1.54, 1.807) is 4.90 Å². The van der Waals surface area contributed by atoms with E-state index in [4.69, 9.17) is 0 Å². The van der Waals surface area contributed by atoms with Crippen molar-refractivity contribution < 1.29 is 9.59 Å². The molecule has 1 atom stereocenters. The molecule has 5 nitrogen and oxygen atoms in total. The van der Waals surface area contributed by atoms with Gasteiger partial charge in [0.25, 0.3) is 0 Å². The van der Waals surface area contributed by atoms with Crippen molar-refractivity contribution in [2.24, 2.45) is 5.92 Å². The number of rotatable bonds is 2. The van der Waals surface area contributed by atoms with E-state index >= 15 is 0 Å². The topological polar surface area (TPSA) is 61.4 Å². The van der Waals surface area contributed by atoms with Gasteiger partial charge in [0.1, 0.15) is 0 Å². The maximum absolute atomic E-state index is 11.9. The lowest BCUT2D eigenvalue weighted by Crippen LogP contribution is -2.49. The lowest BCUT2D eigenvalue weighted by Gasteiger charge is -2.32. The molecular weight excluding hydrogens is 266 g/mol. The van der Waals surface area contributed by atoms with Crippen LogP contribution in [0.25, 0.3) is 0 Å². The number of hydrogen-bond acceptors (Lipinski definition) is 3. The van der Waals surface area contributed by atoms with Crippen LogP contribution in [0.15, 0.2) is 18.2 Å². The number of carbonyl (C=O) groups excluding carboxylic acids is 2. The van der Waals surface area contributed by atoms with Gasteiger partial charge in [0.05, 0.1) is 0 Å². The number of nitrogens with zero attached hydrogens (tertiary/aromatic N) is 1. The van der Waals surface area contributed by atoms with Crippen LogP contribution in [0.3, 0.4) is 0 Å². The third-order valence-corrected chi connectivity index (χ3v) is 4.38. The third kappa shape index (κ3) is 2.65. The van der Waals surface area contributed by atoms with Gasteiger partial charge in [-0.1, -0.05) is 19.9 Å². The average Bonchev–Trinajstić information content (AvgIpc) is 2.46. The zero-order valence-electron chi connectivity index (χ0n) is 12.5. The monoisotopic (exact) mass is 287 g/mol. The van der Waals surface area contributed by atoms with Crippen molar-refractivity contribution in [1.82, 2.24) is 10.6 Å². The summed E-state index contributed by atoms with van der Waals surface area (Å²) in [7, 11) is 0. The van der Waals surface area contributed by atoms with Gasteiger partial charge < -0.3 is 5.32 Å². The standard InChI is InChI=1S/C16H21N3O2/c1-10(2)14-9-17-8-11-7-12(3-4-13(11)14)19-6-5-15(20)18-16(19)21/h3-4,7,10,14,17H,5-6,8-9H2,1-2H3,(H,18,20,21). The first kappa shape index (κ1) is 14.1. The molecular formula is C16H21N3O2. The Kier molecular flexibility index (Phi) is 3.68. The molecule has 3 amide bonds. The van der Waals surface area contributed by atoms with Gasteiger partial charge >= 0.3 is 6.03 Å². The van der Waals surface area contributed by atoms with Crippen LogP contribution in [0.1, 0.15) is 37.3 Å². The number of hydrogen-bond donors (Lipinski definition) is 2. The quantitative estimate of drug-likeness (QED) is 0.874. The van der Waals surface area contributed by atoms with E-state index in [1.807, 2.05) is 6.07 Å². The van der Waals surface area contributed by atoms with Gasteiger partial charge in [-0.25, -0.2) is 4.79 Å². The van der Waals surface area contributed by atoms with Crippen molar-refractivity contribution in [3.8, 4) is 0 Å². The summed E-state index contributed by atoms with van der Waals surface area (Å²) in [4.78, 5) is 24.8. The van der Waals surface area contributed by atoms with Crippen molar-refractivity contribution in [2.75, 3.05) is 18.0 Å². The molecule has 2 aliphatic rings. The fourth-order valence-corrected chi connectivity index (χ4v) is 3.15. The molecule has 112 valence electrons. The first-order chi connectivity index (χ1) is 10.1. The van der Waals surface area contributed by atoms with Gasteiger partial charge in [-0.15, -0.1) is 0 Å². The number of urea groups is 1. The fourth-order valence-electron chi connectivity index (χ4n) is 3.15. The Balaban J connectivity index is 1.89. The van der Waals surface area contributed by atoms with Gasteiger partial charge in [0.15, 0.2) is 0 Å². The Morgan fingerprint density at radius 2 is 2.10 bits per heavy atom. The minimum Gasteiger partial charge on any atom is -0.312 e. The van der Waals surface area contributed by atoms with Crippen molar-refractivity contribution in [1.29, 1.82) is 0 Å². The SMILES string of the molecule is CC(C)C1CNCc2cc(N3CCC(=O)NC3=O)ccc21. The number of amides is 3. The number of carbonyl (C=O) groups is 2. The molecule has 5 heteroatoms. The van der Waals surface area contributed by atoms with E-state index in [2.05, 4.69) is 36.6 Å². The molecule has 2 heterocycles. The molecule has 1 unspecified atom stereocenters. The van der Waals surface area contributed by atoms with Crippen LogP contribution in [0.4, 0.5) is 10.5 Å². The Hall–Kier alpha value is -1.88. The van der Waals surface area contributed by atoms with Gasteiger partial charge in [0, 0.05) is 31.7 Å². The van der Waals surface area contributed by atoms with Crippen molar-refractivity contribution >= 4 is 17.6 Å². The molecule has 1 saturated heterocycles. The molecule has 0 aromatic heterocycles. The summed E-state index contributed by atoms with van der Waals surface area (Å²) in [6.07, 6.45) is 0.357. The van der Waals surface area contributed by atoms with E-state index in [0.717, 1.165) is 18.8 Å². The highest BCUT2D eigenvalue weighted by atomic mass is 16.2. The smallest absolute Gasteiger partial charge is 0.312 e. The van der Waals surface area contributed by atoms with Gasteiger partial charge in [0.2, 0.25) is 5.91 Å². The zero-order valence-corrected chi connectivity index (χ0v) is 12.5. The predicted molar refractivity (Wildman–Crippen MR) is 81.2 cm³/mol. The van der Waals surface area contributed by atoms with Crippen LogP contribution in [-0.2, 0) is 11.3 Å². The van der Waals surface area contributed by atoms with Crippen LogP contribution in [0, 0.1) is 5.92 Å². The normalized spacial score (nSPS) is 22.2. The van der Waals surface area contributed by atoms with Crippen LogP contribution in [-0.4, -0.2) is 25.0 Å². The molecule has 3 rings (SSSR count). The van der Waals surface area contributed by atoms with E-state index in [9.17, 15) is 9.59 Å². The van der Waals surface area contributed by atoms with Crippen LogP contribution in [0.2, 0.25) is 0 Å². The second kappa shape index (κ2) is 5.48. The minimum atomic E-state index is -0.324. The molecule has 1 aromatic carbocycles. The molecule has 1 aromatic rings. The summed E-state index contributed by atoms with van der Waals surface area (Å²) in [5, 5.41) is 5.81. The maximum Gasteiger partial charge on any atom is 0.328 e. The highest BCUT2D eigenvalue weighted by Crippen LogP contribution is 2.32. The summed E-state index contributed by atoms with van der Waals surface area (Å²) < 4.78 is 0. The molecule has 0 bridgehead atoms. The van der Waals surface area contributed by atoms with Crippen LogP contribution < -0.4 is 15.5 Å². The van der Waals surface area contributed by atoms with E-state index in [-0.39, 0.29) is 11.9 Å². The summed E-state index contributed by atoms with van der Waals surface area (Å²) in [6.45, 7) is 6.76. The van der Waals surface area contributed by atoms with Crippen molar-refractivity contribution in [3.63, 3.8) is 0 Å². The molecule has 2 N–H and O–H groups in total. The molecule has 21 heavy (non-hydrogen) atoms. The number of imide groups is 1. The van der Waals surface area contributed by atoms with Crippen LogP contribution in [0.5, 0.6) is 0 Å². The summed E-state index contributed by atoms with van der Waals surface area (Å²) in [6, 6.07) is 5.89. The number of nitrogens with one attached hydrogen (secondary N) is 2. The highest BCUT2D eigenvalue weighted by Gasteiger charge is 2.27.